The van der Waals surface area contributed by atoms with Crippen LogP contribution in [0.1, 0.15) is 47.0 Å². The van der Waals surface area contributed by atoms with Gasteiger partial charge in [-0.3, -0.25) is 4.90 Å². The summed E-state index contributed by atoms with van der Waals surface area (Å²) in [5, 5.41) is 4.78. The first-order valence-corrected chi connectivity index (χ1v) is 15.5. The highest BCUT2D eigenvalue weighted by Crippen LogP contribution is 2.36. The topological polar surface area (TPSA) is 78.5 Å². The van der Waals surface area contributed by atoms with Crippen LogP contribution in [0.5, 0.6) is 11.5 Å². The van der Waals surface area contributed by atoms with Crippen LogP contribution in [0.2, 0.25) is 0 Å². The molecule has 0 radical (unpaired) electrons. The van der Waals surface area contributed by atoms with Crippen LogP contribution < -0.4 is 19.7 Å². The number of hydrogen-bond donors (Lipinski definition) is 1. The molecule has 2 saturated heterocycles. The molecule has 10 nitrogen and oxygen atoms in total. The van der Waals surface area contributed by atoms with E-state index in [0.717, 1.165) is 87.7 Å². The molecule has 0 spiro atoms. The number of hydrogen-bond acceptors (Lipinski definition) is 10. The monoisotopic (exact) mass is 571 g/mol. The minimum absolute atomic E-state index is 0.373. The van der Waals surface area contributed by atoms with Gasteiger partial charge in [0.25, 0.3) is 0 Å². The Morgan fingerprint density at radius 2 is 1.61 bits per heavy atom. The normalized spacial score (nSPS) is 18.0. The lowest BCUT2D eigenvalue weighted by Crippen LogP contribution is -2.42. The quantitative estimate of drug-likeness (QED) is 0.359. The molecule has 2 aliphatic rings. The Morgan fingerprint density at radius 1 is 0.878 bits per heavy atom. The largest absolute Gasteiger partial charge is 0.493 e. The van der Waals surface area contributed by atoms with Crippen LogP contribution in [0.25, 0.3) is 10.9 Å². The van der Waals surface area contributed by atoms with Gasteiger partial charge in [0.1, 0.15) is 12.4 Å². The van der Waals surface area contributed by atoms with Crippen molar-refractivity contribution in [1.29, 1.82) is 0 Å². The Hall–Kier alpha value is -2.40. The van der Waals surface area contributed by atoms with Gasteiger partial charge in [-0.1, -0.05) is 0 Å². The van der Waals surface area contributed by atoms with E-state index < -0.39 is 0 Å². The summed E-state index contributed by atoms with van der Waals surface area (Å²) in [5.41, 5.74) is 0.867. The van der Waals surface area contributed by atoms with E-state index in [1.54, 1.807) is 7.11 Å². The van der Waals surface area contributed by atoms with Crippen molar-refractivity contribution in [3.63, 3.8) is 0 Å². The summed E-state index contributed by atoms with van der Waals surface area (Å²) < 4.78 is 17.6. The number of rotatable bonds is 13. The van der Waals surface area contributed by atoms with Crippen LogP contribution in [0.3, 0.4) is 0 Å². The lowest BCUT2D eigenvalue weighted by molar-refractivity contribution is 0.0881. The summed E-state index contributed by atoms with van der Waals surface area (Å²) in [4.78, 5) is 19.8. The van der Waals surface area contributed by atoms with Gasteiger partial charge in [-0.15, -0.1) is 0 Å². The molecule has 0 amide bonds. The molecule has 0 bridgehead atoms. The van der Waals surface area contributed by atoms with Gasteiger partial charge in [-0.2, -0.15) is 4.98 Å². The third-order valence-corrected chi connectivity index (χ3v) is 8.28. The highest BCUT2D eigenvalue weighted by atomic mass is 16.5. The van der Waals surface area contributed by atoms with Crippen LogP contribution in [-0.4, -0.2) is 130 Å². The number of fused-ring (bicyclic) bond motifs is 1. The number of anilines is 2. The minimum atomic E-state index is 0.373. The van der Waals surface area contributed by atoms with Gasteiger partial charge < -0.3 is 34.2 Å². The summed E-state index contributed by atoms with van der Waals surface area (Å²) in [6, 6.07) is 5.52. The van der Waals surface area contributed by atoms with E-state index in [-0.39, 0.29) is 0 Å². The molecule has 1 aromatic heterocycles. The molecule has 4 rings (SSSR count). The van der Waals surface area contributed by atoms with Crippen LogP contribution in [0, 0.1) is 0 Å². The maximum absolute atomic E-state index is 6.14. The van der Waals surface area contributed by atoms with Crippen molar-refractivity contribution < 1.29 is 14.2 Å². The smallest absolute Gasteiger partial charge is 0.227 e. The van der Waals surface area contributed by atoms with E-state index in [1.807, 2.05) is 26.2 Å². The van der Waals surface area contributed by atoms with Gasteiger partial charge in [0.15, 0.2) is 11.5 Å². The SMILES string of the molecule is COc1cc2c(NC3CCN(C(C)C)CC3)nc(N3CCCN(C(C)C)CC3)nc2cc1OCCOCCN(C)C. The number of aromatic nitrogens is 2. The third kappa shape index (κ3) is 8.80. The number of nitrogens with one attached hydrogen (secondary N) is 1. The number of likely N-dealkylation sites (N-methyl/N-ethyl adjacent to an activating group) is 1. The second kappa shape index (κ2) is 15.2. The standard InChI is InChI=1S/C31H53N7O3/c1-23(2)36-11-8-12-38(16-15-36)31-33-27-22-29(41-20-19-40-18-17-35(5)6)28(39-7)21-26(27)30(34-31)32-25-9-13-37(14-10-25)24(3)4/h21-25H,8-20H2,1-7H3,(H,32,33,34). The lowest BCUT2D eigenvalue weighted by Gasteiger charge is -2.35. The highest BCUT2D eigenvalue weighted by molar-refractivity contribution is 5.93. The van der Waals surface area contributed by atoms with Crippen molar-refractivity contribution in [2.75, 3.05) is 97.1 Å². The van der Waals surface area contributed by atoms with E-state index in [4.69, 9.17) is 24.2 Å². The molecule has 10 heteroatoms. The summed E-state index contributed by atoms with van der Waals surface area (Å²) in [6.07, 6.45) is 3.29. The van der Waals surface area contributed by atoms with Gasteiger partial charge >= 0.3 is 0 Å². The Morgan fingerprint density at radius 3 is 2.29 bits per heavy atom. The lowest BCUT2D eigenvalue weighted by atomic mass is 10.0. The second-order valence-corrected chi connectivity index (χ2v) is 12.2. The fourth-order valence-electron chi connectivity index (χ4n) is 5.62. The molecule has 0 unspecified atom stereocenters. The number of methoxy groups -OCH3 is 1. The Kier molecular flexibility index (Phi) is 11.7. The highest BCUT2D eigenvalue weighted by Gasteiger charge is 2.25. The molecule has 0 aliphatic carbocycles. The van der Waals surface area contributed by atoms with E-state index in [9.17, 15) is 0 Å². The van der Waals surface area contributed by atoms with Crippen molar-refractivity contribution in [2.24, 2.45) is 0 Å². The zero-order chi connectivity index (χ0) is 29.4. The maximum Gasteiger partial charge on any atom is 0.227 e. The van der Waals surface area contributed by atoms with Crippen LogP contribution in [-0.2, 0) is 4.74 Å². The van der Waals surface area contributed by atoms with Crippen molar-refractivity contribution in [2.45, 2.75) is 65.1 Å². The number of nitrogens with zero attached hydrogens (tertiary/aromatic N) is 6. The van der Waals surface area contributed by atoms with Crippen molar-refractivity contribution in [1.82, 2.24) is 24.7 Å². The molecule has 3 heterocycles. The molecule has 230 valence electrons. The number of ether oxygens (including phenoxy) is 3. The maximum atomic E-state index is 6.14. The van der Waals surface area contributed by atoms with E-state index in [1.165, 1.54) is 0 Å². The zero-order valence-corrected chi connectivity index (χ0v) is 26.5. The van der Waals surface area contributed by atoms with Crippen molar-refractivity contribution in [3.8, 4) is 11.5 Å². The van der Waals surface area contributed by atoms with E-state index in [0.29, 0.717) is 49.4 Å². The van der Waals surface area contributed by atoms with Gasteiger partial charge in [-0.05, 0) is 67.1 Å². The molecule has 1 N–H and O–H groups in total. The van der Waals surface area contributed by atoms with Gasteiger partial charge in [0, 0.05) is 75.4 Å². The first kappa shape index (κ1) is 31.5. The number of likely N-dealkylation sites (tertiary alicyclic amines) is 1. The molecule has 0 saturated carbocycles. The van der Waals surface area contributed by atoms with E-state index in [2.05, 4.69) is 52.6 Å². The molecule has 2 aliphatic heterocycles. The molecular formula is C31H53N7O3. The average Bonchev–Trinajstić information content (AvgIpc) is 3.21. The fourth-order valence-corrected chi connectivity index (χ4v) is 5.62. The number of benzene rings is 1. The minimum Gasteiger partial charge on any atom is -0.493 e. The predicted molar refractivity (Wildman–Crippen MR) is 168 cm³/mol. The van der Waals surface area contributed by atoms with Gasteiger partial charge in [0.05, 0.1) is 25.8 Å². The summed E-state index contributed by atoms with van der Waals surface area (Å²) in [5.74, 6) is 3.03. The summed E-state index contributed by atoms with van der Waals surface area (Å²) >= 11 is 0. The molecular weight excluding hydrogens is 518 g/mol. The fraction of sp³-hybridized carbons (Fsp3) is 0.742. The second-order valence-electron chi connectivity index (χ2n) is 12.2. The molecule has 0 atom stereocenters. The van der Waals surface area contributed by atoms with Crippen LogP contribution in [0.4, 0.5) is 11.8 Å². The third-order valence-electron chi connectivity index (χ3n) is 8.28. The summed E-state index contributed by atoms with van der Waals surface area (Å²) in [6.45, 7) is 17.8. The average molecular weight is 572 g/mol. The Bertz CT molecular complexity index is 1090. The molecule has 2 aromatic rings. The summed E-state index contributed by atoms with van der Waals surface area (Å²) in [7, 11) is 5.77. The molecule has 2 fully saturated rings. The molecule has 1 aromatic carbocycles. The first-order chi connectivity index (χ1) is 19.7. The number of piperidine rings is 1. The Labute approximate surface area is 247 Å². The van der Waals surface area contributed by atoms with Crippen molar-refractivity contribution >= 4 is 22.7 Å². The van der Waals surface area contributed by atoms with Gasteiger partial charge in [-0.25, -0.2) is 4.98 Å². The van der Waals surface area contributed by atoms with Gasteiger partial charge in [0.2, 0.25) is 5.95 Å². The molecule has 41 heavy (non-hydrogen) atoms. The predicted octanol–water partition coefficient (Wildman–Crippen LogP) is 3.80. The van der Waals surface area contributed by atoms with Crippen LogP contribution in [0.15, 0.2) is 12.1 Å². The first-order valence-electron chi connectivity index (χ1n) is 15.5. The van der Waals surface area contributed by atoms with E-state index >= 15 is 0 Å². The van der Waals surface area contributed by atoms with Crippen LogP contribution >= 0.6 is 0 Å². The Balaban J connectivity index is 1.58. The zero-order valence-electron chi connectivity index (χ0n) is 26.5. The van der Waals surface area contributed by atoms with Crippen molar-refractivity contribution in [3.05, 3.63) is 12.1 Å².